The molecule has 10 aromatic rings. The lowest BCUT2D eigenvalue weighted by Gasteiger charge is -2.11. The van der Waals surface area contributed by atoms with E-state index >= 15 is 0 Å². The molecule has 0 aliphatic rings. The van der Waals surface area contributed by atoms with Gasteiger partial charge in [0.2, 0.25) is 0 Å². The van der Waals surface area contributed by atoms with Gasteiger partial charge < -0.3 is 0 Å². The van der Waals surface area contributed by atoms with Gasteiger partial charge in [-0.3, -0.25) is 9.97 Å². The summed E-state index contributed by atoms with van der Waals surface area (Å²) in [6, 6.07) is 57.0. The number of fused-ring (bicyclic) bond motifs is 3. The largest absolute Gasteiger partial charge is 0.264 e. The Morgan fingerprint density at radius 1 is 0.309 bits per heavy atom. The molecule has 0 radical (unpaired) electrons. The highest BCUT2D eigenvalue weighted by molar-refractivity contribution is 7.26. The van der Waals surface area contributed by atoms with E-state index in [-0.39, 0.29) is 0 Å². The van der Waals surface area contributed by atoms with Crippen LogP contribution in [0.25, 0.3) is 98.8 Å². The summed E-state index contributed by atoms with van der Waals surface area (Å²) in [5.41, 5.74) is 11.8. The number of aromatic nitrogens is 5. The van der Waals surface area contributed by atoms with Crippen molar-refractivity contribution in [2.75, 3.05) is 0 Å². The van der Waals surface area contributed by atoms with E-state index in [2.05, 4.69) is 101 Å². The summed E-state index contributed by atoms with van der Waals surface area (Å²) in [4.78, 5) is 23.8. The second-order valence-corrected chi connectivity index (χ2v) is 14.4. The summed E-state index contributed by atoms with van der Waals surface area (Å²) in [6.07, 6.45) is 7.48. The van der Waals surface area contributed by atoms with Crippen molar-refractivity contribution in [2.45, 2.75) is 0 Å². The van der Waals surface area contributed by atoms with Crippen molar-refractivity contribution in [3.05, 3.63) is 189 Å². The van der Waals surface area contributed by atoms with E-state index in [0.717, 1.165) is 50.1 Å². The molecule has 0 aliphatic heterocycles. The fourth-order valence-electron chi connectivity index (χ4n) is 7.22. The maximum absolute atomic E-state index is 5.01. The maximum atomic E-state index is 5.01. The van der Waals surface area contributed by atoms with E-state index in [1.807, 2.05) is 109 Å². The predicted molar refractivity (Wildman–Crippen MR) is 226 cm³/mol. The minimum Gasteiger partial charge on any atom is -0.264 e. The fourth-order valence-corrected chi connectivity index (χ4v) is 8.59. The zero-order valence-electron chi connectivity index (χ0n) is 29.5. The molecule has 0 atom stereocenters. The Hall–Kier alpha value is -7.15. The monoisotopic (exact) mass is 721 g/mol. The molecule has 6 heteroatoms. The Bertz CT molecular complexity index is 2850. The topological polar surface area (TPSA) is 64.5 Å². The summed E-state index contributed by atoms with van der Waals surface area (Å²) < 4.78 is 2.49. The van der Waals surface area contributed by atoms with Crippen LogP contribution in [0.5, 0.6) is 0 Å². The van der Waals surface area contributed by atoms with Crippen LogP contribution < -0.4 is 0 Å². The van der Waals surface area contributed by atoms with E-state index in [4.69, 9.17) is 15.0 Å². The molecule has 0 amide bonds. The van der Waals surface area contributed by atoms with E-state index in [9.17, 15) is 0 Å². The highest BCUT2D eigenvalue weighted by atomic mass is 32.1. The normalized spacial score (nSPS) is 11.3. The number of nitrogens with zero attached hydrogens (tertiary/aromatic N) is 5. The molecule has 4 heterocycles. The highest BCUT2D eigenvalue weighted by Gasteiger charge is 2.17. The number of pyridine rings is 2. The number of hydrogen-bond acceptors (Lipinski definition) is 6. The molecule has 258 valence electrons. The van der Waals surface area contributed by atoms with Crippen LogP contribution in [0.3, 0.4) is 0 Å². The van der Waals surface area contributed by atoms with Crippen LogP contribution in [0.1, 0.15) is 0 Å². The molecule has 4 aromatic heterocycles. The van der Waals surface area contributed by atoms with Gasteiger partial charge in [-0.2, -0.15) is 0 Å². The first-order chi connectivity index (χ1) is 27.2. The van der Waals surface area contributed by atoms with Crippen LogP contribution in [0.4, 0.5) is 0 Å². The third kappa shape index (κ3) is 6.24. The third-order valence-electron chi connectivity index (χ3n) is 9.89. The molecule has 0 aliphatic carbocycles. The van der Waals surface area contributed by atoms with Gasteiger partial charge in [0.25, 0.3) is 0 Å². The quantitative estimate of drug-likeness (QED) is 0.164. The maximum Gasteiger partial charge on any atom is 0.164 e. The van der Waals surface area contributed by atoms with Gasteiger partial charge in [-0.05, 0) is 69.8 Å². The molecular formula is C49H31N5S. The summed E-state index contributed by atoms with van der Waals surface area (Å²) in [7, 11) is 0. The lowest BCUT2D eigenvalue weighted by atomic mass is 9.93. The van der Waals surface area contributed by atoms with Gasteiger partial charge in [0.05, 0.1) is 0 Å². The lowest BCUT2D eigenvalue weighted by molar-refractivity contribution is 1.07. The van der Waals surface area contributed by atoms with Crippen molar-refractivity contribution in [3.8, 4) is 78.7 Å². The predicted octanol–water partition coefficient (Wildman–Crippen LogP) is 12.7. The van der Waals surface area contributed by atoms with Crippen LogP contribution in [0.15, 0.2) is 189 Å². The number of rotatable bonds is 7. The van der Waals surface area contributed by atoms with Crippen molar-refractivity contribution < 1.29 is 0 Å². The minimum atomic E-state index is 0.637. The summed E-state index contributed by atoms with van der Waals surface area (Å²) >= 11 is 1.84. The van der Waals surface area contributed by atoms with Crippen molar-refractivity contribution in [3.63, 3.8) is 0 Å². The fraction of sp³-hybridized carbons (Fsp3) is 0. The molecule has 5 nitrogen and oxygen atoms in total. The van der Waals surface area contributed by atoms with Crippen LogP contribution in [0, 0.1) is 0 Å². The molecule has 55 heavy (non-hydrogen) atoms. The van der Waals surface area contributed by atoms with Crippen LogP contribution in [-0.2, 0) is 0 Å². The van der Waals surface area contributed by atoms with Crippen molar-refractivity contribution in [1.82, 2.24) is 24.9 Å². The van der Waals surface area contributed by atoms with Gasteiger partial charge in [-0.1, -0.05) is 127 Å². The summed E-state index contributed by atoms with van der Waals surface area (Å²) in [5.74, 6) is 1.93. The molecule has 10 rings (SSSR count). The Morgan fingerprint density at radius 2 is 0.727 bits per heavy atom. The van der Waals surface area contributed by atoms with Crippen LogP contribution in [0.2, 0.25) is 0 Å². The molecule has 0 bridgehead atoms. The van der Waals surface area contributed by atoms with E-state index in [1.165, 1.54) is 31.3 Å². The third-order valence-corrected chi connectivity index (χ3v) is 11.2. The standard InChI is InChI=1S/C49H31N5S/c1-3-12-32(13-4-1)47-52-48(33-14-5-2-6-15-33)54-49(53-47)35-17-7-16-34(26-35)41-20-8-22-43-44-23-9-21-42(46(44)55-45(41)43)40-28-38(36-18-10-24-50-30-36)27-39(29-40)37-19-11-25-51-31-37/h1-31H. The average molecular weight is 722 g/mol. The Labute approximate surface area is 322 Å². The average Bonchev–Trinajstić information content (AvgIpc) is 3.67. The first-order valence-electron chi connectivity index (χ1n) is 18.1. The molecule has 0 N–H and O–H groups in total. The first kappa shape index (κ1) is 32.5. The molecule has 0 saturated carbocycles. The van der Waals surface area contributed by atoms with Crippen LogP contribution >= 0.6 is 11.3 Å². The number of benzene rings is 6. The summed E-state index contributed by atoms with van der Waals surface area (Å²) in [5, 5.41) is 2.47. The van der Waals surface area contributed by atoms with E-state index < -0.39 is 0 Å². The SMILES string of the molecule is c1ccc(-c2nc(-c3ccccc3)nc(-c3cccc(-c4cccc5c4sc4c(-c6cc(-c7cccnc7)cc(-c7cccnc7)c6)cccc45)c3)n2)cc1. The second kappa shape index (κ2) is 14.0. The molecule has 0 unspecified atom stereocenters. The highest BCUT2D eigenvalue weighted by Crippen LogP contribution is 2.45. The van der Waals surface area contributed by atoms with E-state index in [0.29, 0.717) is 17.5 Å². The zero-order chi connectivity index (χ0) is 36.6. The zero-order valence-corrected chi connectivity index (χ0v) is 30.4. The lowest BCUT2D eigenvalue weighted by Crippen LogP contribution is -2.00. The molecule has 0 spiro atoms. The van der Waals surface area contributed by atoms with Crippen molar-refractivity contribution >= 4 is 31.5 Å². The van der Waals surface area contributed by atoms with Crippen LogP contribution in [-0.4, -0.2) is 24.9 Å². The van der Waals surface area contributed by atoms with Gasteiger partial charge >= 0.3 is 0 Å². The minimum absolute atomic E-state index is 0.637. The van der Waals surface area contributed by atoms with Gasteiger partial charge in [0.1, 0.15) is 0 Å². The number of thiophene rings is 1. The first-order valence-corrected chi connectivity index (χ1v) is 19.0. The molecular weight excluding hydrogens is 691 g/mol. The second-order valence-electron chi connectivity index (χ2n) is 13.4. The van der Waals surface area contributed by atoms with Gasteiger partial charge in [0.15, 0.2) is 17.5 Å². The van der Waals surface area contributed by atoms with Gasteiger partial charge in [-0.15, -0.1) is 11.3 Å². The molecule has 6 aromatic carbocycles. The Kier molecular flexibility index (Phi) is 8.28. The molecule has 0 saturated heterocycles. The smallest absolute Gasteiger partial charge is 0.164 e. The summed E-state index contributed by atoms with van der Waals surface area (Å²) in [6.45, 7) is 0. The Morgan fingerprint density at radius 3 is 1.25 bits per heavy atom. The van der Waals surface area contributed by atoms with Crippen molar-refractivity contribution in [1.29, 1.82) is 0 Å². The Balaban J connectivity index is 1.11. The van der Waals surface area contributed by atoms with Crippen molar-refractivity contribution in [2.24, 2.45) is 0 Å². The van der Waals surface area contributed by atoms with Gasteiger partial charge in [0, 0.05) is 72.8 Å². The van der Waals surface area contributed by atoms with Gasteiger partial charge in [-0.25, -0.2) is 15.0 Å². The molecule has 0 fully saturated rings. The number of hydrogen-bond donors (Lipinski definition) is 0. The van der Waals surface area contributed by atoms with E-state index in [1.54, 1.807) is 0 Å².